The van der Waals surface area contributed by atoms with Crippen molar-refractivity contribution >= 4 is 34.3 Å². The van der Waals surface area contributed by atoms with Gasteiger partial charge in [-0.05, 0) is 88.8 Å². The lowest BCUT2D eigenvalue weighted by Gasteiger charge is -2.22. The van der Waals surface area contributed by atoms with Crippen molar-refractivity contribution in [1.82, 2.24) is 20.3 Å². The molecule has 4 heterocycles. The maximum Gasteiger partial charge on any atom is 0.411 e. The van der Waals surface area contributed by atoms with Gasteiger partial charge in [0.2, 0.25) is 5.95 Å². The van der Waals surface area contributed by atoms with Crippen LogP contribution < -0.4 is 10.2 Å². The van der Waals surface area contributed by atoms with Crippen molar-refractivity contribution in [2.24, 2.45) is 11.8 Å². The summed E-state index contributed by atoms with van der Waals surface area (Å²) >= 11 is 0. The van der Waals surface area contributed by atoms with Crippen LogP contribution in [-0.2, 0) is 27.5 Å². The van der Waals surface area contributed by atoms with Crippen LogP contribution in [0.4, 0.5) is 19.5 Å². The number of nitriles is 1. The Bertz CT molecular complexity index is 1950. The first-order chi connectivity index (χ1) is 27.5. The summed E-state index contributed by atoms with van der Waals surface area (Å²) in [6, 6.07) is 2.17. The van der Waals surface area contributed by atoms with E-state index in [2.05, 4.69) is 60.6 Å². The second-order valence-corrected chi connectivity index (χ2v) is 15.8. The molecule has 12 heteroatoms. The van der Waals surface area contributed by atoms with E-state index in [1.807, 2.05) is 31.7 Å². The highest BCUT2D eigenvalue weighted by molar-refractivity contribution is 5.96. The highest BCUT2D eigenvalue weighted by Gasteiger charge is 2.32. The Balaban J connectivity index is 0.000000716. The number of amides is 1. The minimum atomic E-state index is -0.781. The van der Waals surface area contributed by atoms with Gasteiger partial charge in [0, 0.05) is 47.9 Å². The van der Waals surface area contributed by atoms with Crippen molar-refractivity contribution in [2.45, 2.75) is 147 Å². The second kappa shape index (κ2) is 23.6. The summed E-state index contributed by atoms with van der Waals surface area (Å²) in [5.41, 5.74) is 1.24. The molecule has 1 saturated heterocycles. The van der Waals surface area contributed by atoms with Gasteiger partial charge >= 0.3 is 6.09 Å². The van der Waals surface area contributed by atoms with E-state index < -0.39 is 23.3 Å². The van der Waals surface area contributed by atoms with Crippen molar-refractivity contribution in [2.75, 3.05) is 18.0 Å². The lowest BCUT2D eigenvalue weighted by atomic mass is 9.89. The van der Waals surface area contributed by atoms with Crippen LogP contribution in [0.15, 0.2) is 30.7 Å². The molecule has 2 aromatic heterocycles. The van der Waals surface area contributed by atoms with Crippen LogP contribution >= 0.6 is 0 Å². The van der Waals surface area contributed by atoms with E-state index >= 15 is 8.78 Å². The van der Waals surface area contributed by atoms with E-state index in [4.69, 9.17) is 9.47 Å². The molecule has 5 rings (SSSR count). The van der Waals surface area contributed by atoms with Crippen LogP contribution in [0, 0.1) is 41.7 Å². The SMILES string of the molecule is C=CC(C)C.CC.CCCC/C(NC(=O)OC(C)(C)C)=C(/C#N)c1c(-c2c3c(c4cnc(N5CCC(C)C5)nc4c2F)COC3)ncc(F)c1C.CCCCC(C)=O. The molecule has 58 heavy (non-hydrogen) atoms. The summed E-state index contributed by atoms with van der Waals surface area (Å²) in [7, 11) is 0. The summed E-state index contributed by atoms with van der Waals surface area (Å²) < 4.78 is 43.3. The third kappa shape index (κ3) is 13.7. The molecule has 2 aliphatic rings. The number of alkyl carbamates (subject to hydrolysis) is 1. The number of aromatic nitrogens is 3. The molecule has 1 aromatic carbocycles. The Morgan fingerprint density at radius 1 is 1.10 bits per heavy atom. The average Bonchev–Trinajstić information content (AvgIpc) is 3.85. The number of benzene rings is 1. The standard InChI is InChI=1S/C33H38F2N6O3.C6H12O.C5H10.C2H6/c1-7-8-9-25(39-32(42)44-33(4,5)6)20(12-36)26-19(3)24(34)14-37-30(26)27-23-17-43-16-22(23)21-13-38-31(40-29(21)28(27)35)41-11-10-18(2)15-41;1-3-4-5-6(2)7;1-4-5(2)3;1-2/h13-14,18H,7-11,15-17H2,1-6H3,(H,39,42);3-5H2,1-2H3;4-5H,1H2,2-3H3;1-2H3/b25-20+;;;. The molecule has 2 aliphatic heterocycles. The number of nitrogens with one attached hydrogen (secondary N) is 1. The average molecular weight is 805 g/mol. The number of rotatable bonds is 11. The number of nitrogens with zero attached hydrogens (tertiary/aromatic N) is 5. The van der Waals surface area contributed by atoms with Gasteiger partial charge in [0.25, 0.3) is 0 Å². The Kier molecular flexibility index (Phi) is 20.1. The zero-order valence-electron chi connectivity index (χ0n) is 37.0. The Labute approximate surface area is 345 Å². The number of hydrogen-bond donors (Lipinski definition) is 1. The summed E-state index contributed by atoms with van der Waals surface area (Å²) in [4.78, 5) is 38.7. The van der Waals surface area contributed by atoms with Crippen molar-refractivity contribution < 1.29 is 27.8 Å². The molecule has 10 nitrogen and oxygen atoms in total. The zero-order chi connectivity index (χ0) is 43.7. The predicted molar refractivity (Wildman–Crippen MR) is 230 cm³/mol. The number of carbonyl (C=O) groups is 2. The van der Waals surface area contributed by atoms with Crippen molar-refractivity contribution in [3.8, 4) is 17.3 Å². The van der Waals surface area contributed by atoms with Gasteiger partial charge in [0.05, 0.1) is 30.7 Å². The van der Waals surface area contributed by atoms with Gasteiger partial charge in [-0.2, -0.15) is 5.26 Å². The minimum Gasteiger partial charge on any atom is -0.444 e. The van der Waals surface area contributed by atoms with Crippen LogP contribution in [0.2, 0.25) is 0 Å². The molecule has 3 aromatic rings. The number of fused-ring (bicyclic) bond motifs is 3. The first kappa shape index (κ1) is 49.4. The quantitative estimate of drug-likeness (QED) is 0.149. The van der Waals surface area contributed by atoms with Crippen LogP contribution in [-0.4, -0.2) is 45.5 Å². The van der Waals surface area contributed by atoms with Crippen molar-refractivity contribution in [3.63, 3.8) is 0 Å². The lowest BCUT2D eigenvalue weighted by Crippen LogP contribution is -2.32. The molecule has 1 amide bonds. The number of allylic oxidation sites excluding steroid dienone is 3. The molecule has 1 fully saturated rings. The normalized spacial score (nSPS) is 14.8. The van der Waals surface area contributed by atoms with E-state index in [9.17, 15) is 14.9 Å². The largest absolute Gasteiger partial charge is 0.444 e. The first-order valence-electron chi connectivity index (χ1n) is 20.7. The molecule has 0 bridgehead atoms. The van der Waals surface area contributed by atoms with Crippen molar-refractivity contribution in [1.29, 1.82) is 5.26 Å². The van der Waals surface area contributed by atoms with Crippen LogP contribution in [0.5, 0.6) is 0 Å². The molecule has 318 valence electrons. The number of halogens is 2. The van der Waals surface area contributed by atoms with Gasteiger partial charge in [0.15, 0.2) is 5.82 Å². The fraction of sp³-hybridized carbons (Fsp3) is 0.565. The van der Waals surface area contributed by atoms with E-state index in [1.165, 1.54) is 6.92 Å². The van der Waals surface area contributed by atoms with Gasteiger partial charge < -0.3 is 19.2 Å². The Morgan fingerprint density at radius 2 is 1.72 bits per heavy atom. The molecule has 0 radical (unpaired) electrons. The number of anilines is 1. The fourth-order valence-corrected chi connectivity index (χ4v) is 6.23. The summed E-state index contributed by atoms with van der Waals surface area (Å²) in [6.45, 7) is 28.2. The zero-order valence-corrected chi connectivity index (χ0v) is 37.0. The van der Waals surface area contributed by atoms with E-state index in [0.717, 1.165) is 57.0 Å². The Hall–Kier alpha value is -4.76. The number of Topliss-reactive ketones (excluding diaryl/α,β-unsaturated/α-hetero) is 1. The summed E-state index contributed by atoms with van der Waals surface area (Å²) in [5.74, 6) is 0.564. The number of carbonyl (C=O) groups excluding carboxylic acids is 2. The highest BCUT2D eigenvalue weighted by atomic mass is 19.1. The van der Waals surface area contributed by atoms with Gasteiger partial charge in [-0.3, -0.25) is 10.3 Å². The minimum absolute atomic E-state index is 0.00889. The monoisotopic (exact) mass is 805 g/mol. The maximum absolute atomic E-state index is 16.8. The molecule has 0 aliphatic carbocycles. The molecule has 1 N–H and O–H groups in total. The van der Waals surface area contributed by atoms with Gasteiger partial charge in [0.1, 0.15) is 28.8 Å². The smallest absolute Gasteiger partial charge is 0.411 e. The number of ketones is 1. The second-order valence-electron chi connectivity index (χ2n) is 15.8. The maximum atomic E-state index is 16.8. The van der Waals surface area contributed by atoms with Crippen molar-refractivity contribution in [3.05, 3.63) is 64.6 Å². The topological polar surface area (TPSA) is 130 Å². The lowest BCUT2D eigenvalue weighted by molar-refractivity contribution is -0.117. The van der Waals surface area contributed by atoms with Crippen LogP contribution in [0.3, 0.4) is 0 Å². The first-order valence-corrected chi connectivity index (χ1v) is 20.7. The highest BCUT2D eigenvalue weighted by Crippen LogP contribution is 2.43. The number of ether oxygens (including phenoxy) is 2. The van der Waals surface area contributed by atoms with Crippen LogP contribution in [0.1, 0.15) is 143 Å². The number of unbranched alkanes of at least 4 members (excludes halogenated alkanes) is 2. The van der Waals surface area contributed by atoms with Gasteiger partial charge in [-0.25, -0.2) is 23.5 Å². The van der Waals surface area contributed by atoms with Crippen LogP contribution in [0.25, 0.3) is 27.7 Å². The Morgan fingerprint density at radius 3 is 2.24 bits per heavy atom. The number of hydrogen-bond acceptors (Lipinski definition) is 9. The third-order valence-electron chi connectivity index (χ3n) is 9.36. The molecule has 1 unspecified atom stereocenters. The molecule has 0 saturated carbocycles. The number of pyridine rings is 1. The third-order valence-corrected chi connectivity index (χ3v) is 9.36. The summed E-state index contributed by atoms with van der Waals surface area (Å²) in [6.07, 6.45) is 9.48. The van der Waals surface area contributed by atoms with E-state index in [1.54, 1.807) is 33.9 Å². The predicted octanol–water partition coefficient (Wildman–Crippen LogP) is 11.7. The molecule has 1 atom stereocenters. The van der Waals surface area contributed by atoms with Gasteiger partial charge in [-0.15, -0.1) is 6.58 Å². The summed E-state index contributed by atoms with van der Waals surface area (Å²) in [5, 5.41) is 13.8. The van der Waals surface area contributed by atoms with E-state index in [0.29, 0.717) is 47.4 Å². The molecular weight excluding hydrogens is 739 g/mol. The van der Waals surface area contributed by atoms with E-state index in [-0.39, 0.29) is 52.4 Å². The molecular formula is C46H66F2N6O4. The van der Waals surface area contributed by atoms with Gasteiger partial charge in [-0.1, -0.05) is 67.4 Å². The fourth-order valence-electron chi connectivity index (χ4n) is 6.23. The molecule has 0 spiro atoms.